The number of carbonyl (C=O) groups is 4. The molecule has 1 heterocycles. The molecule has 1 aromatic rings. The van der Waals surface area contributed by atoms with Gasteiger partial charge < -0.3 is 31.8 Å². The summed E-state index contributed by atoms with van der Waals surface area (Å²) >= 11 is 5.48. The molecule has 180 valence electrons. The van der Waals surface area contributed by atoms with E-state index >= 15 is 0 Å². The zero-order valence-corrected chi connectivity index (χ0v) is 20.0. The van der Waals surface area contributed by atoms with Crippen molar-refractivity contribution in [3.8, 4) is 0 Å². The van der Waals surface area contributed by atoms with Crippen molar-refractivity contribution in [3.05, 3.63) is 18.2 Å². The zero-order chi connectivity index (χ0) is 24.3. The molecule has 4 unspecified atom stereocenters. The van der Waals surface area contributed by atoms with Crippen molar-refractivity contribution in [2.24, 2.45) is 11.7 Å². The lowest BCUT2D eigenvalue weighted by Gasteiger charge is -2.26. The number of hydrogen-bond acceptors (Lipinski definition) is 8. The Morgan fingerprint density at radius 3 is 2.31 bits per heavy atom. The minimum Gasteiger partial charge on any atom is -0.480 e. The van der Waals surface area contributed by atoms with Crippen molar-refractivity contribution in [1.82, 2.24) is 25.9 Å². The Labute approximate surface area is 196 Å². The summed E-state index contributed by atoms with van der Waals surface area (Å²) in [5.41, 5.74) is 6.52. The third-order valence-corrected chi connectivity index (χ3v) is 5.63. The van der Waals surface area contributed by atoms with Crippen LogP contribution in [0.1, 0.15) is 26.0 Å². The van der Waals surface area contributed by atoms with Crippen LogP contribution in [0.4, 0.5) is 0 Å². The van der Waals surface area contributed by atoms with Crippen LogP contribution < -0.4 is 21.7 Å². The van der Waals surface area contributed by atoms with E-state index in [1.54, 1.807) is 25.6 Å². The fraction of sp³-hybridized carbons (Fsp3) is 0.632. The van der Waals surface area contributed by atoms with Gasteiger partial charge in [0.05, 0.1) is 12.4 Å². The molecule has 0 aliphatic carbocycles. The molecular weight excluding hydrogens is 456 g/mol. The molecule has 32 heavy (non-hydrogen) atoms. The molecule has 0 aliphatic heterocycles. The number of amides is 3. The molecule has 4 atom stereocenters. The summed E-state index contributed by atoms with van der Waals surface area (Å²) in [5, 5.41) is 16.8. The first-order chi connectivity index (χ1) is 15.1. The number of aromatic nitrogens is 2. The number of aliphatic carboxylic acids is 1. The summed E-state index contributed by atoms with van der Waals surface area (Å²) in [6.07, 6.45) is 5.43. The summed E-state index contributed by atoms with van der Waals surface area (Å²) in [5.74, 6) is -2.73. The van der Waals surface area contributed by atoms with Crippen LogP contribution in [0.2, 0.25) is 0 Å². The number of carboxylic acid groups (broad SMARTS) is 1. The van der Waals surface area contributed by atoms with Gasteiger partial charge in [0.1, 0.15) is 18.1 Å². The van der Waals surface area contributed by atoms with E-state index < -0.39 is 47.9 Å². The second kappa shape index (κ2) is 14.0. The number of rotatable bonds is 14. The Bertz CT molecular complexity index is 761. The Hall–Kier alpha value is -2.25. The van der Waals surface area contributed by atoms with Crippen LogP contribution >= 0.6 is 24.4 Å². The molecule has 1 aromatic heterocycles. The van der Waals surface area contributed by atoms with Crippen LogP contribution in [0.5, 0.6) is 0 Å². The fourth-order valence-corrected chi connectivity index (χ4v) is 3.45. The monoisotopic (exact) mass is 488 g/mol. The van der Waals surface area contributed by atoms with E-state index in [1.165, 1.54) is 12.5 Å². The topological polar surface area (TPSA) is 179 Å². The van der Waals surface area contributed by atoms with Gasteiger partial charge >= 0.3 is 5.97 Å². The summed E-state index contributed by atoms with van der Waals surface area (Å²) in [4.78, 5) is 56.2. The number of carboxylic acids is 1. The third kappa shape index (κ3) is 9.09. The predicted molar refractivity (Wildman–Crippen MR) is 125 cm³/mol. The lowest BCUT2D eigenvalue weighted by Crippen LogP contribution is -2.59. The van der Waals surface area contributed by atoms with E-state index in [-0.39, 0.29) is 18.1 Å². The Kier molecular flexibility index (Phi) is 12.2. The highest BCUT2D eigenvalue weighted by atomic mass is 32.2. The highest BCUT2D eigenvalue weighted by molar-refractivity contribution is 7.98. The van der Waals surface area contributed by atoms with Crippen molar-refractivity contribution < 1.29 is 24.3 Å². The second-order valence-electron chi connectivity index (χ2n) is 7.54. The number of thioether (sulfide) groups is 1. The number of carbonyl (C=O) groups excluding carboxylic acids is 3. The molecule has 11 nitrogen and oxygen atoms in total. The van der Waals surface area contributed by atoms with Gasteiger partial charge in [-0.05, 0) is 24.3 Å². The van der Waals surface area contributed by atoms with Gasteiger partial charge in [-0.1, -0.05) is 13.8 Å². The molecule has 0 saturated heterocycles. The number of nitrogens with zero attached hydrogens (tertiary/aromatic N) is 1. The van der Waals surface area contributed by atoms with Crippen LogP contribution in [0.3, 0.4) is 0 Å². The number of aromatic amines is 1. The fourth-order valence-electron chi connectivity index (χ4n) is 2.72. The number of H-pyrrole nitrogens is 1. The molecule has 1 rings (SSSR count). The molecule has 0 spiro atoms. The number of nitrogens with one attached hydrogen (secondary N) is 4. The Morgan fingerprint density at radius 2 is 1.81 bits per heavy atom. The maximum atomic E-state index is 13.0. The summed E-state index contributed by atoms with van der Waals surface area (Å²) in [7, 11) is 0. The zero-order valence-electron chi connectivity index (χ0n) is 18.3. The predicted octanol–water partition coefficient (Wildman–Crippen LogP) is -0.843. The van der Waals surface area contributed by atoms with E-state index in [0.29, 0.717) is 17.9 Å². The molecule has 0 saturated carbocycles. The minimum absolute atomic E-state index is 0.105. The summed E-state index contributed by atoms with van der Waals surface area (Å²) in [6, 6.07) is -4.01. The van der Waals surface area contributed by atoms with Gasteiger partial charge in [-0.25, -0.2) is 9.78 Å². The van der Waals surface area contributed by atoms with Crippen LogP contribution in [0, 0.1) is 5.92 Å². The van der Waals surface area contributed by atoms with Gasteiger partial charge in [0, 0.05) is 24.1 Å². The molecule has 3 amide bonds. The van der Waals surface area contributed by atoms with Gasteiger partial charge in [-0.15, -0.1) is 0 Å². The number of nitrogens with two attached hydrogens (primary N) is 1. The van der Waals surface area contributed by atoms with E-state index in [4.69, 9.17) is 10.8 Å². The average molecular weight is 489 g/mol. The van der Waals surface area contributed by atoms with Crippen LogP contribution in [0.25, 0.3) is 0 Å². The van der Waals surface area contributed by atoms with Gasteiger partial charge in [0.2, 0.25) is 17.7 Å². The SMILES string of the molecule is CSCCC(N)C(=O)NC(Cc1cnc[nH]1)C(=O)NC(C(=O)NC(CS)C(=O)O)C(C)C. The summed E-state index contributed by atoms with van der Waals surface area (Å²) in [6.45, 7) is 3.42. The summed E-state index contributed by atoms with van der Waals surface area (Å²) < 4.78 is 0. The highest BCUT2D eigenvalue weighted by Crippen LogP contribution is 2.07. The van der Waals surface area contributed by atoms with Crippen LogP contribution in [0.15, 0.2) is 12.5 Å². The smallest absolute Gasteiger partial charge is 0.327 e. The Morgan fingerprint density at radius 1 is 1.16 bits per heavy atom. The number of imidazole rings is 1. The van der Waals surface area contributed by atoms with Crippen molar-refractivity contribution >= 4 is 48.1 Å². The Balaban J connectivity index is 2.96. The van der Waals surface area contributed by atoms with Crippen LogP contribution in [-0.4, -0.2) is 80.7 Å². The molecule has 0 radical (unpaired) electrons. The maximum absolute atomic E-state index is 13.0. The van der Waals surface area contributed by atoms with E-state index in [1.807, 2.05) is 6.26 Å². The number of thiol groups is 1. The van der Waals surface area contributed by atoms with Gasteiger partial charge in [0.25, 0.3) is 0 Å². The van der Waals surface area contributed by atoms with Crippen LogP contribution in [-0.2, 0) is 25.6 Å². The molecule has 0 bridgehead atoms. The molecule has 0 fully saturated rings. The number of hydrogen-bond donors (Lipinski definition) is 7. The first-order valence-electron chi connectivity index (χ1n) is 10.1. The first-order valence-corrected chi connectivity index (χ1v) is 12.1. The van der Waals surface area contributed by atoms with E-state index in [2.05, 4.69) is 38.5 Å². The van der Waals surface area contributed by atoms with E-state index in [0.717, 1.165) is 0 Å². The normalized spacial score (nSPS) is 14.8. The molecular formula is C19H32N6O5S2. The second-order valence-corrected chi connectivity index (χ2v) is 8.89. The molecule has 0 aliphatic rings. The maximum Gasteiger partial charge on any atom is 0.327 e. The van der Waals surface area contributed by atoms with Crippen molar-refractivity contribution in [1.29, 1.82) is 0 Å². The largest absolute Gasteiger partial charge is 0.480 e. The van der Waals surface area contributed by atoms with Crippen molar-refractivity contribution in [2.75, 3.05) is 17.8 Å². The molecule has 7 N–H and O–H groups in total. The van der Waals surface area contributed by atoms with Gasteiger partial charge in [-0.3, -0.25) is 14.4 Å². The first kappa shape index (κ1) is 27.8. The standard InChI is InChI=1S/C19H32N6O5S2/c1-10(2)15(18(28)24-14(8-31)19(29)30)25-17(27)13(6-11-7-21-9-22-11)23-16(26)12(20)4-5-32-3/h7,9-10,12-15,31H,4-6,8,20H2,1-3H3,(H,21,22)(H,23,26)(H,24,28)(H,25,27)(H,29,30). The minimum atomic E-state index is -1.23. The van der Waals surface area contributed by atoms with Gasteiger partial charge in [0.15, 0.2) is 0 Å². The molecule has 0 aromatic carbocycles. The van der Waals surface area contributed by atoms with Gasteiger partial charge in [-0.2, -0.15) is 24.4 Å². The lowest BCUT2D eigenvalue weighted by molar-refractivity contribution is -0.142. The highest BCUT2D eigenvalue weighted by Gasteiger charge is 2.31. The van der Waals surface area contributed by atoms with Crippen molar-refractivity contribution in [2.45, 2.75) is 50.9 Å². The third-order valence-electron chi connectivity index (χ3n) is 4.63. The average Bonchev–Trinajstić information content (AvgIpc) is 3.25. The molecule has 13 heteroatoms. The van der Waals surface area contributed by atoms with Crippen molar-refractivity contribution in [3.63, 3.8) is 0 Å². The van der Waals surface area contributed by atoms with E-state index in [9.17, 15) is 19.2 Å². The lowest BCUT2D eigenvalue weighted by atomic mass is 10.0. The quantitative estimate of drug-likeness (QED) is 0.166.